The molecule has 0 aliphatic heterocycles. The zero-order valence-electron chi connectivity index (χ0n) is 13.5. The van der Waals surface area contributed by atoms with E-state index in [4.69, 9.17) is 0 Å². The van der Waals surface area contributed by atoms with Crippen molar-refractivity contribution in [3.63, 3.8) is 0 Å². The maximum Gasteiger partial charge on any atom is 0.255 e. The first-order valence-electron chi connectivity index (χ1n) is 7.42. The van der Waals surface area contributed by atoms with Gasteiger partial charge >= 0.3 is 0 Å². The topological polar surface area (TPSA) is 69.6 Å². The van der Waals surface area contributed by atoms with Gasteiger partial charge in [0.1, 0.15) is 5.82 Å². The second kappa shape index (κ2) is 7.70. The lowest BCUT2D eigenvalue weighted by Gasteiger charge is -2.16. The fourth-order valence-corrected chi connectivity index (χ4v) is 2.23. The van der Waals surface area contributed by atoms with Crippen LogP contribution in [0.25, 0.3) is 0 Å². The van der Waals surface area contributed by atoms with Gasteiger partial charge in [0.25, 0.3) is 5.91 Å². The van der Waals surface area contributed by atoms with Crippen LogP contribution in [0, 0.1) is 5.82 Å². The molecule has 0 aliphatic carbocycles. The minimum atomic E-state index is -1.13. The van der Waals surface area contributed by atoms with Gasteiger partial charge in [-0.15, -0.1) is 0 Å². The number of nitrogens with zero attached hydrogens (tertiary/aromatic N) is 1. The first kappa shape index (κ1) is 17.6. The Kier molecular flexibility index (Phi) is 5.65. The molecular formula is C18H19FN2O3. The van der Waals surface area contributed by atoms with Crippen LogP contribution in [0.3, 0.4) is 0 Å². The van der Waals surface area contributed by atoms with Gasteiger partial charge in [-0.2, -0.15) is 0 Å². The van der Waals surface area contributed by atoms with Crippen LogP contribution in [0.1, 0.15) is 28.4 Å². The maximum absolute atomic E-state index is 13.2. The summed E-state index contributed by atoms with van der Waals surface area (Å²) in [5.41, 5.74) is 1.05. The SMILES string of the molecule is CN(C)C(=O)c1ccccc1NC(=O)CC(O)c1cccc(F)c1. The van der Waals surface area contributed by atoms with Crippen LogP contribution < -0.4 is 5.32 Å². The molecule has 0 aromatic heterocycles. The van der Waals surface area contributed by atoms with E-state index in [-0.39, 0.29) is 12.3 Å². The lowest BCUT2D eigenvalue weighted by atomic mass is 10.1. The molecule has 2 N–H and O–H groups in total. The standard InChI is InChI=1S/C18H19FN2O3/c1-21(2)18(24)14-8-3-4-9-15(14)20-17(23)11-16(22)12-6-5-7-13(19)10-12/h3-10,16,22H,11H2,1-2H3,(H,20,23). The van der Waals surface area contributed by atoms with Crippen molar-refractivity contribution in [1.29, 1.82) is 0 Å². The van der Waals surface area contributed by atoms with E-state index in [2.05, 4.69) is 5.32 Å². The molecule has 0 radical (unpaired) electrons. The molecule has 0 saturated heterocycles. The second-order valence-electron chi connectivity index (χ2n) is 5.57. The Morgan fingerprint density at radius 3 is 2.54 bits per heavy atom. The predicted molar refractivity (Wildman–Crippen MR) is 89.1 cm³/mol. The number of para-hydroxylation sites is 1. The lowest BCUT2D eigenvalue weighted by molar-refractivity contribution is -0.118. The molecule has 0 bridgehead atoms. The first-order valence-corrected chi connectivity index (χ1v) is 7.42. The fraction of sp³-hybridized carbons (Fsp3) is 0.222. The van der Waals surface area contributed by atoms with Gasteiger partial charge in [0.15, 0.2) is 0 Å². The highest BCUT2D eigenvalue weighted by Crippen LogP contribution is 2.20. The highest BCUT2D eigenvalue weighted by Gasteiger charge is 2.17. The van der Waals surface area contributed by atoms with Gasteiger partial charge in [0.05, 0.1) is 23.8 Å². The number of carbonyl (C=O) groups is 2. The summed E-state index contributed by atoms with van der Waals surface area (Å²) < 4.78 is 13.2. The number of anilines is 1. The van der Waals surface area contributed by atoms with E-state index in [9.17, 15) is 19.1 Å². The van der Waals surface area contributed by atoms with Gasteiger partial charge in [-0.1, -0.05) is 24.3 Å². The maximum atomic E-state index is 13.2. The number of aliphatic hydroxyl groups is 1. The monoisotopic (exact) mass is 330 g/mol. The third kappa shape index (κ3) is 4.39. The summed E-state index contributed by atoms with van der Waals surface area (Å²) in [6.07, 6.45) is -1.37. The van der Waals surface area contributed by atoms with E-state index in [1.54, 1.807) is 44.4 Å². The molecule has 0 aliphatic rings. The van der Waals surface area contributed by atoms with E-state index < -0.39 is 17.8 Å². The van der Waals surface area contributed by atoms with E-state index in [0.29, 0.717) is 16.8 Å². The summed E-state index contributed by atoms with van der Waals surface area (Å²) in [6.45, 7) is 0. The summed E-state index contributed by atoms with van der Waals surface area (Å²) in [6, 6.07) is 12.1. The van der Waals surface area contributed by atoms with Crippen LogP contribution >= 0.6 is 0 Å². The summed E-state index contributed by atoms with van der Waals surface area (Å²) in [5, 5.41) is 12.7. The fourth-order valence-electron chi connectivity index (χ4n) is 2.23. The molecule has 0 heterocycles. The lowest BCUT2D eigenvalue weighted by Crippen LogP contribution is -2.24. The van der Waals surface area contributed by atoms with Crippen molar-refractivity contribution in [2.45, 2.75) is 12.5 Å². The van der Waals surface area contributed by atoms with E-state index in [1.165, 1.54) is 23.1 Å². The number of aliphatic hydroxyl groups excluding tert-OH is 1. The van der Waals surface area contributed by atoms with Crippen molar-refractivity contribution in [2.75, 3.05) is 19.4 Å². The largest absolute Gasteiger partial charge is 0.388 e. The van der Waals surface area contributed by atoms with Crippen molar-refractivity contribution >= 4 is 17.5 Å². The van der Waals surface area contributed by atoms with Crippen LogP contribution in [-0.4, -0.2) is 35.9 Å². The molecule has 0 fully saturated rings. The first-order chi connectivity index (χ1) is 11.4. The van der Waals surface area contributed by atoms with Crippen LogP contribution in [0.5, 0.6) is 0 Å². The van der Waals surface area contributed by atoms with Gasteiger partial charge in [0.2, 0.25) is 5.91 Å². The third-order valence-corrected chi connectivity index (χ3v) is 3.45. The van der Waals surface area contributed by atoms with Gasteiger partial charge in [-0.25, -0.2) is 4.39 Å². The Morgan fingerprint density at radius 1 is 1.17 bits per heavy atom. The van der Waals surface area contributed by atoms with Crippen molar-refractivity contribution in [1.82, 2.24) is 4.90 Å². The Bertz CT molecular complexity index is 747. The number of rotatable bonds is 5. The molecule has 2 rings (SSSR count). The molecule has 5 nitrogen and oxygen atoms in total. The van der Waals surface area contributed by atoms with Crippen LogP contribution in [0.15, 0.2) is 48.5 Å². The summed E-state index contributed by atoms with van der Waals surface area (Å²) in [4.78, 5) is 25.7. The van der Waals surface area contributed by atoms with Gasteiger partial charge in [-0.05, 0) is 29.8 Å². The number of carbonyl (C=O) groups excluding carboxylic acids is 2. The number of hydrogen-bond donors (Lipinski definition) is 2. The Morgan fingerprint density at radius 2 is 1.88 bits per heavy atom. The van der Waals surface area contributed by atoms with Crippen molar-refractivity contribution < 1.29 is 19.1 Å². The van der Waals surface area contributed by atoms with Crippen molar-refractivity contribution in [3.05, 3.63) is 65.5 Å². The highest BCUT2D eigenvalue weighted by molar-refractivity contribution is 6.03. The average Bonchev–Trinajstić information content (AvgIpc) is 2.54. The quantitative estimate of drug-likeness (QED) is 0.885. The summed E-state index contributed by atoms with van der Waals surface area (Å²) in [5.74, 6) is -1.18. The smallest absolute Gasteiger partial charge is 0.255 e. The van der Waals surface area contributed by atoms with Gasteiger partial charge in [-0.3, -0.25) is 9.59 Å². The molecule has 2 amide bonds. The third-order valence-electron chi connectivity index (χ3n) is 3.45. The molecule has 0 saturated carbocycles. The zero-order chi connectivity index (χ0) is 17.7. The molecule has 24 heavy (non-hydrogen) atoms. The molecule has 126 valence electrons. The van der Waals surface area contributed by atoms with Gasteiger partial charge < -0.3 is 15.3 Å². The van der Waals surface area contributed by atoms with E-state index in [0.717, 1.165) is 0 Å². The van der Waals surface area contributed by atoms with Crippen LogP contribution in [0.2, 0.25) is 0 Å². The average molecular weight is 330 g/mol. The normalized spacial score (nSPS) is 11.7. The molecule has 2 aromatic rings. The highest BCUT2D eigenvalue weighted by atomic mass is 19.1. The molecular weight excluding hydrogens is 311 g/mol. The Balaban J connectivity index is 2.09. The molecule has 0 spiro atoms. The van der Waals surface area contributed by atoms with Crippen molar-refractivity contribution in [3.8, 4) is 0 Å². The molecule has 1 atom stereocenters. The second-order valence-corrected chi connectivity index (χ2v) is 5.57. The zero-order valence-corrected chi connectivity index (χ0v) is 13.5. The van der Waals surface area contributed by atoms with Crippen LogP contribution in [0.4, 0.5) is 10.1 Å². The minimum absolute atomic E-state index is 0.239. The predicted octanol–water partition coefficient (Wildman–Crippen LogP) is 2.59. The van der Waals surface area contributed by atoms with E-state index in [1.807, 2.05) is 0 Å². The summed E-state index contributed by atoms with van der Waals surface area (Å²) >= 11 is 0. The number of hydrogen-bond acceptors (Lipinski definition) is 3. The molecule has 1 unspecified atom stereocenters. The molecule has 6 heteroatoms. The minimum Gasteiger partial charge on any atom is -0.388 e. The Hall–Kier alpha value is -2.73. The number of nitrogens with one attached hydrogen (secondary N) is 1. The summed E-state index contributed by atoms with van der Waals surface area (Å²) in [7, 11) is 3.24. The van der Waals surface area contributed by atoms with Crippen LogP contribution in [-0.2, 0) is 4.79 Å². The van der Waals surface area contributed by atoms with Crippen molar-refractivity contribution in [2.24, 2.45) is 0 Å². The number of amides is 2. The number of benzene rings is 2. The number of halogens is 1. The molecule has 2 aromatic carbocycles. The van der Waals surface area contributed by atoms with E-state index >= 15 is 0 Å². The van der Waals surface area contributed by atoms with Gasteiger partial charge in [0, 0.05) is 14.1 Å². The Labute approximate surface area is 139 Å².